The Morgan fingerprint density at radius 3 is 2.74 bits per heavy atom. The number of para-hydroxylation sites is 2. The molecule has 0 unspecified atom stereocenters. The first-order chi connectivity index (χ1) is 20.6. The third-order valence-corrected chi connectivity index (χ3v) is 8.31. The van der Waals surface area contributed by atoms with Gasteiger partial charge in [0.15, 0.2) is 5.58 Å². The van der Waals surface area contributed by atoms with Crippen LogP contribution in [0.1, 0.15) is 23.2 Å². The van der Waals surface area contributed by atoms with Crippen molar-refractivity contribution in [3.63, 3.8) is 0 Å². The summed E-state index contributed by atoms with van der Waals surface area (Å²) in [7, 11) is 0. The van der Waals surface area contributed by atoms with E-state index in [1.54, 1.807) is 24.5 Å². The first-order valence-electron chi connectivity index (χ1n) is 14.0. The lowest BCUT2D eigenvalue weighted by atomic mass is 9.97. The Bertz CT molecular complexity index is 1900. The summed E-state index contributed by atoms with van der Waals surface area (Å²) in [5, 5.41) is 5.56. The van der Waals surface area contributed by atoms with Gasteiger partial charge in [-0.2, -0.15) is 5.10 Å². The summed E-state index contributed by atoms with van der Waals surface area (Å²) in [5.41, 5.74) is 4.46. The van der Waals surface area contributed by atoms with E-state index in [4.69, 9.17) is 4.42 Å². The second-order valence-corrected chi connectivity index (χ2v) is 10.8. The Kier molecular flexibility index (Phi) is 5.85. The van der Waals surface area contributed by atoms with Crippen LogP contribution in [0.4, 0.5) is 4.39 Å². The van der Waals surface area contributed by atoms with E-state index in [1.807, 2.05) is 52.4 Å². The van der Waals surface area contributed by atoms with E-state index in [0.29, 0.717) is 35.8 Å². The average Bonchev–Trinajstić information content (AvgIpc) is 3.76. The summed E-state index contributed by atoms with van der Waals surface area (Å²) in [6, 6.07) is 15.4. The number of H-pyrrole nitrogens is 1. The van der Waals surface area contributed by atoms with Crippen molar-refractivity contribution >= 4 is 28.0 Å². The van der Waals surface area contributed by atoms with Crippen LogP contribution in [0.2, 0.25) is 0 Å². The molecule has 2 saturated heterocycles. The lowest BCUT2D eigenvalue weighted by molar-refractivity contribution is 0.0514. The highest BCUT2D eigenvalue weighted by atomic mass is 19.1. The number of nitrogens with one attached hydrogen (secondary N) is 1. The molecule has 1 radical (unpaired) electrons. The van der Waals surface area contributed by atoms with Crippen molar-refractivity contribution in [2.24, 2.45) is 0 Å². The molecular weight excluding hydrogens is 535 g/mol. The maximum Gasteiger partial charge on any atom is 0.253 e. The molecule has 42 heavy (non-hydrogen) atoms. The van der Waals surface area contributed by atoms with E-state index >= 15 is 4.39 Å². The van der Waals surface area contributed by atoms with Crippen LogP contribution in [0.5, 0.6) is 0 Å². The van der Waals surface area contributed by atoms with Gasteiger partial charge in [-0.25, -0.2) is 19.3 Å². The zero-order chi connectivity index (χ0) is 28.2. The van der Waals surface area contributed by atoms with E-state index in [1.165, 1.54) is 12.1 Å². The largest absolute Gasteiger partial charge is 0.436 e. The summed E-state index contributed by atoms with van der Waals surface area (Å²) >= 11 is 0. The Hall–Kier alpha value is -4.90. The van der Waals surface area contributed by atoms with Crippen molar-refractivity contribution < 1.29 is 13.6 Å². The van der Waals surface area contributed by atoms with E-state index in [9.17, 15) is 4.79 Å². The molecule has 0 spiro atoms. The molecule has 2 fully saturated rings. The van der Waals surface area contributed by atoms with Crippen molar-refractivity contribution in [3.05, 3.63) is 90.9 Å². The fraction of sp³-hybridized carbons (Fsp3) is 0.226. The minimum atomic E-state index is -0.523. The first-order valence-corrected chi connectivity index (χ1v) is 14.0. The standard InChI is InChI=1S/C31H26FN8O2/c32-25-13-19(5-6-23(25)30-37-26-3-1-2-4-27(26)42-30)31(41)38-11-8-21(9-12-38)39-16-22(17-39)40-15-20(14-36-40)28-24-7-10-33-29(24)35-18-34-28/h1-7,10,13-15,18,21H,8-9,11-12,16-17H2,(H,33,34,35). The zero-order valence-electron chi connectivity index (χ0n) is 22.6. The van der Waals surface area contributed by atoms with Crippen molar-refractivity contribution in [1.82, 2.24) is 39.5 Å². The molecule has 2 aliphatic heterocycles. The number of likely N-dealkylation sites (tertiary alicyclic amines) is 2. The lowest BCUT2D eigenvalue weighted by Gasteiger charge is -2.46. The number of piperidine rings is 1. The minimum Gasteiger partial charge on any atom is -0.436 e. The summed E-state index contributed by atoms with van der Waals surface area (Å²) in [4.78, 5) is 33.7. The van der Waals surface area contributed by atoms with Crippen LogP contribution in [0, 0.1) is 11.9 Å². The van der Waals surface area contributed by atoms with Crippen molar-refractivity contribution in [3.8, 4) is 22.7 Å². The van der Waals surface area contributed by atoms with Gasteiger partial charge in [-0.1, -0.05) is 12.1 Å². The summed E-state index contributed by atoms with van der Waals surface area (Å²) in [6.45, 7) is 2.95. The molecule has 0 aliphatic carbocycles. The molecular formula is C31H26FN8O2. The number of hydrogen-bond donors (Lipinski definition) is 1. The SMILES string of the molecule is O=C(c1ccc(-c2nc3ccccc3o2)c(F)c1)N1CCC(N2C[C](n3cc(-c4ncnc5[nH]ccc45)cn3)C2)CC1. The molecule has 209 valence electrons. The number of amides is 1. The third-order valence-electron chi connectivity index (χ3n) is 8.31. The Balaban J connectivity index is 0.874. The molecule has 2 aromatic carbocycles. The summed E-state index contributed by atoms with van der Waals surface area (Å²) in [5.74, 6) is -0.472. The van der Waals surface area contributed by atoms with Crippen molar-refractivity contribution in [1.29, 1.82) is 0 Å². The summed E-state index contributed by atoms with van der Waals surface area (Å²) in [6.07, 6.45) is 9.04. The number of benzene rings is 2. The fourth-order valence-corrected chi connectivity index (χ4v) is 5.97. The number of aromatic amines is 1. The number of hydrogen-bond acceptors (Lipinski definition) is 7. The van der Waals surface area contributed by atoms with Gasteiger partial charge in [-0.05, 0) is 49.2 Å². The van der Waals surface area contributed by atoms with E-state index < -0.39 is 5.82 Å². The molecule has 0 bridgehead atoms. The van der Waals surface area contributed by atoms with Crippen molar-refractivity contribution in [2.45, 2.75) is 18.9 Å². The topological polar surface area (TPSA) is 109 Å². The monoisotopic (exact) mass is 561 g/mol. The number of nitrogens with zero attached hydrogens (tertiary/aromatic N) is 7. The van der Waals surface area contributed by atoms with Crippen LogP contribution < -0.4 is 0 Å². The van der Waals surface area contributed by atoms with Crippen LogP contribution in [0.15, 0.2) is 77.9 Å². The van der Waals surface area contributed by atoms with Gasteiger partial charge in [0.2, 0.25) is 5.89 Å². The molecule has 6 heterocycles. The zero-order valence-corrected chi connectivity index (χ0v) is 22.6. The molecule has 10 nitrogen and oxygen atoms in total. The summed E-state index contributed by atoms with van der Waals surface area (Å²) < 4.78 is 22.7. The number of aromatic nitrogens is 6. The first kappa shape index (κ1) is 24.9. The van der Waals surface area contributed by atoms with Crippen LogP contribution in [0.3, 0.4) is 0 Å². The predicted octanol–water partition coefficient (Wildman–Crippen LogP) is 4.77. The number of carbonyl (C=O) groups is 1. The number of fused-ring (bicyclic) bond motifs is 2. The van der Waals surface area contributed by atoms with Gasteiger partial charge >= 0.3 is 0 Å². The van der Waals surface area contributed by atoms with Gasteiger partial charge in [0.25, 0.3) is 5.91 Å². The number of carbonyl (C=O) groups excluding carboxylic acids is 1. The third kappa shape index (κ3) is 4.24. The molecule has 8 rings (SSSR count). The van der Waals surface area contributed by atoms with Gasteiger partial charge in [0.05, 0.1) is 17.5 Å². The molecule has 4 aromatic heterocycles. The van der Waals surface area contributed by atoms with E-state index in [-0.39, 0.29) is 17.4 Å². The Morgan fingerprint density at radius 2 is 1.90 bits per heavy atom. The minimum absolute atomic E-state index is 0.155. The molecule has 2 aliphatic rings. The van der Waals surface area contributed by atoms with Crippen LogP contribution >= 0.6 is 0 Å². The number of halogens is 1. The van der Waals surface area contributed by atoms with E-state index in [0.717, 1.165) is 48.2 Å². The molecule has 0 atom stereocenters. The van der Waals surface area contributed by atoms with Crippen LogP contribution in [0.25, 0.3) is 44.8 Å². The second kappa shape index (κ2) is 9.88. The molecule has 11 heteroatoms. The Labute approximate surface area is 239 Å². The van der Waals surface area contributed by atoms with Crippen LogP contribution in [-0.4, -0.2) is 77.6 Å². The molecule has 1 N–H and O–H groups in total. The average molecular weight is 562 g/mol. The quantitative estimate of drug-likeness (QED) is 0.323. The second-order valence-electron chi connectivity index (χ2n) is 10.8. The molecule has 6 aromatic rings. The number of rotatable bonds is 5. The van der Waals surface area contributed by atoms with Gasteiger partial charge < -0.3 is 14.3 Å². The van der Waals surface area contributed by atoms with Gasteiger partial charge in [-0.3, -0.25) is 14.4 Å². The highest BCUT2D eigenvalue weighted by Crippen LogP contribution is 2.31. The van der Waals surface area contributed by atoms with Gasteiger partial charge in [0, 0.05) is 61.1 Å². The highest BCUT2D eigenvalue weighted by molar-refractivity contribution is 5.95. The van der Waals surface area contributed by atoms with Crippen molar-refractivity contribution in [2.75, 3.05) is 26.2 Å². The van der Waals surface area contributed by atoms with Gasteiger partial charge in [-0.15, -0.1) is 0 Å². The van der Waals surface area contributed by atoms with E-state index in [2.05, 4.69) is 29.9 Å². The maximum atomic E-state index is 15.0. The van der Waals surface area contributed by atoms with Gasteiger partial charge in [0.1, 0.15) is 29.4 Å². The highest BCUT2D eigenvalue weighted by Gasteiger charge is 2.37. The van der Waals surface area contributed by atoms with Crippen LogP contribution in [-0.2, 0) is 0 Å². The maximum absolute atomic E-state index is 15.0. The number of oxazole rings is 1. The predicted molar refractivity (Wildman–Crippen MR) is 154 cm³/mol. The smallest absolute Gasteiger partial charge is 0.253 e. The normalized spacial score (nSPS) is 16.8. The Morgan fingerprint density at radius 1 is 1.05 bits per heavy atom. The molecule has 1 amide bonds. The lowest BCUT2D eigenvalue weighted by Crippen LogP contribution is -2.56. The molecule has 0 saturated carbocycles. The fourth-order valence-electron chi connectivity index (χ4n) is 5.97.